The molecule has 1 saturated heterocycles. The number of carbonyl (C=O) groups is 2. The number of ether oxygens (including phenoxy) is 1. The van der Waals surface area contributed by atoms with Crippen molar-refractivity contribution in [3.05, 3.63) is 57.8 Å². The molecule has 136 valence electrons. The minimum absolute atomic E-state index is 0.168. The third-order valence-corrected chi connectivity index (χ3v) is 5.99. The van der Waals surface area contributed by atoms with Crippen LogP contribution in [0.5, 0.6) is 0 Å². The van der Waals surface area contributed by atoms with E-state index in [4.69, 9.17) is 4.74 Å². The molecule has 0 saturated carbocycles. The van der Waals surface area contributed by atoms with Crippen molar-refractivity contribution in [3.63, 3.8) is 0 Å². The first kappa shape index (κ1) is 17.4. The van der Waals surface area contributed by atoms with Crippen LogP contribution in [0, 0.1) is 0 Å². The highest BCUT2D eigenvalue weighted by molar-refractivity contribution is 7.09. The molecule has 2 aliphatic heterocycles. The molecule has 1 fully saturated rings. The number of fused-ring (bicyclic) bond motifs is 1. The fraction of sp³-hybridized carbons (Fsp3) is 0.400. The number of hydrogen-bond donors (Lipinski definition) is 1. The van der Waals surface area contributed by atoms with Gasteiger partial charge in [0.1, 0.15) is 19.2 Å². The largest absolute Gasteiger partial charge is 0.372 e. The van der Waals surface area contributed by atoms with Crippen LogP contribution < -0.4 is 4.90 Å². The number of amides is 2. The van der Waals surface area contributed by atoms with Crippen molar-refractivity contribution < 1.29 is 19.2 Å². The highest BCUT2D eigenvalue weighted by Gasteiger charge is 2.35. The third-order valence-electron chi connectivity index (χ3n) is 5.11. The van der Waals surface area contributed by atoms with Crippen LogP contribution in [0.15, 0.2) is 41.8 Å². The van der Waals surface area contributed by atoms with Crippen LogP contribution in [0.3, 0.4) is 0 Å². The molecule has 0 bridgehead atoms. The van der Waals surface area contributed by atoms with Gasteiger partial charge < -0.3 is 9.64 Å². The van der Waals surface area contributed by atoms with Crippen LogP contribution >= 0.6 is 11.3 Å². The van der Waals surface area contributed by atoms with Crippen molar-refractivity contribution in [2.24, 2.45) is 0 Å². The Morgan fingerprint density at radius 1 is 1.12 bits per heavy atom. The second kappa shape index (κ2) is 7.70. The zero-order chi connectivity index (χ0) is 17.9. The standard InChI is InChI=1S/C20H22N2O3S/c23-19-17-7-1-2-8-18(17)20(24)22(19)10-9-21(13-15-5-3-11-25-15)14-16-6-4-12-26-16/h1-2,4,6-8,12,15H,3,5,9-11,13-14H2/p+1/t15-/m1/s1. The monoisotopic (exact) mass is 371 g/mol. The molecule has 0 radical (unpaired) electrons. The number of thiophene rings is 1. The van der Waals surface area contributed by atoms with E-state index in [0.717, 1.165) is 39.1 Å². The van der Waals surface area contributed by atoms with Crippen LogP contribution in [0.25, 0.3) is 0 Å². The molecule has 4 rings (SSSR count). The van der Waals surface area contributed by atoms with Crippen molar-refractivity contribution in [1.82, 2.24) is 4.90 Å². The first-order valence-electron chi connectivity index (χ1n) is 9.15. The molecule has 26 heavy (non-hydrogen) atoms. The molecule has 1 unspecified atom stereocenters. The molecule has 1 aromatic heterocycles. The second-order valence-electron chi connectivity index (χ2n) is 6.90. The molecule has 2 aliphatic rings. The highest BCUT2D eigenvalue weighted by Crippen LogP contribution is 2.21. The summed E-state index contributed by atoms with van der Waals surface area (Å²) in [7, 11) is 0. The molecule has 5 nitrogen and oxygen atoms in total. The highest BCUT2D eigenvalue weighted by atomic mass is 32.1. The minimum atomic E-state index is -0.168. The number of imide groups is 1. The van der Waals surface area contributed by atoms with Crippen LogP contribution in [-0.2, 0) is 11.3 Å². The van der Waals surface area contributed by atoms with E-state index in [-0.39, 0.29) is 17.9 Å². The van der Waals surface area contributed by atoms with Gasteiger partial charge in [-0.05, 0) is 36.4 Å². The molecule has 2 atom stereocenters. The van der Waals surface area contributed by atoms with E-state index in [1.807, 2.05) is 0 Å². The number of nitrogens with one attached hydrogen (secondary N) is 1. The normalized spacial score (nSPS) is 20.6. The molecule has 0 aliphatic carbocycles. The van der Waals surface area contributed by atoms with E-state index in [1.54, 1.807) is 35.6 Å². The Morgan fingerprint density at radius 3 is 2.50 bits per heavy atom. The quantitative estimate of drug-likeness (QED) is 0.753. The van der Waals surface area contributed by atoms with Gasteiger partial charge in [0.15, 0.2) is 0 Å². The van der Waals surface area contributed by atoms with Crippen molar-refractivity contribution in [2.45, 2.75) is 25.5 Å². The minimum Gasteiger partial charge on any atom is -0.372 e. The molecule has 2 aromatic rings. The van der Waals surface area contributed by atoms with E-state index in [2.05, 4.69) is 17.5 Å². The molecule has 0 spiro atoms. The van der Waals surface area contributed by atoms with E-state index >= 15 is 0 Å². The Morgan fingerprint density at radius 2 is 1.88 bits per heavy atom. The summed E-state index contributed by atoms with van der Waals surface area (Å²) in [4.78, 5) is 29.2. The summed E-state index contributed by atoms with van der Waals surface area (Å²) in [5.41, 5.74) is 1.05. The van der Waals surface area contributed by atoms with Crippen molar-refractivity contribution in [2.75, 3.05) is 26.2 Å². The summed E-state index contributed by atoms with van der Waals surface area (Å²) in [5.74, 6) is -0.337. The summed E-state index contributed by atoms with van der Waals surface area (Å²) in [5, 5.41) is 2.09. The van der Waals surface area contributed by atoms with Gasteiger partial charge in [-0.2, -0.15) is 0 Å². The van der Waals surface area contributed by atoms with Crippen molar-refractivity contribution >= 4 is 23.2 Å². The number of quaternary nitrogens is 1. The van der Waals surface area contributed by atoms with E-state index in [0.29, 0.717) is 17.7 Å². The van der Waals surface area contributed by atoms with Gasteiger partial charge in [0, 0.05) is 6.61 Å². The lowest BCUT2D eigenvalue weighted by atomic mass is 10.1. The third kappa shape index (κ3) is 3.58. The average molecular weight is 371 g/mol. The van der Waals surface area contributed by atoms with Crippen LogP contribution in [0.1, 0.15) is 38.4 Å². The number of hydrogen-bond acceptors (Lipinski definition) is 4. The zero-order valence-electron chi connectivity index (χ0n) is 14.6. The Hall–Kier alpha value is -2.02. The SMILES string of the molecule is O=C1c2ccccc2C(=O)N1CC[NH+](Cc1cccs1)C[C@H]1CCCO1. The topological polar surface area (TPSA) is 51.0 Å². The predicted molar refractivity (Wildman–Crippen MR) is 99.5 cm³/mol. The van der Waals surface area contributed by atoms with Gasteiger partial charge in [-0.15, -0.1) is 11.3 Å². The lowest BCUT2D eigenvalue weighted by molar-refractivity contribution is -0.915. The summed E-state index contributed by atoms with van der Waals surface area (Å²) >= 11 is 1.75. The van der Waals surface area contributed by atoms with Gasteiger partial charge in [-0.1, -0.05) is 18.2 Å². The average Bonchev–Trinajstić information content (AvgIpc) is 3.38. The summed E-state index contributed by atoms with van der Waals surface area (Å²) in [6, 6.07) is 11.3. The zero-order valence-corrected chi connectivity index (χ0v) is 15.5. The fourth-order valence-corrected chi connectivity index (χ4v) is 4.54. The van der Waals surface area contributed by atoms with Gasteiger partial charge in [0.2, 0.25) is 0 Å². The van der Waals surface area contributed by atoms with Gasteiger partial charge in [-0.25, -0.2) is 0 Å². The number of benzene rings is 1. The maximum atomic E-state index is 12.6. The Labute approximate surface area is 157 Å². The first-order valence-corrected chi connectivity index (χ1v) is 10.0. The smallest absolute Gasteiger partial charge is 0.261 e. The molecule has 1 aromatic carbocycles. The van der Waals surface area contributed by atoms with Gasteiger partial charge >= 0.3 is 0 Å². The van der Waals surface area contributed by atoms with Crippen molar-refractivity contribution in [1.29, 1.82) is 0 Å². The summed E-state index contributed by atoms with van der Waals surface area (Å²) < 4.78 is 5.80. The second-order valence-corrected chi connectivity index (χ2v) is 7.94. The Balaban J connectivity index is 1.42. The lowest BCUT2D eigenvalue weighted by Gasteiger charge is -2.24. The molecular formula is C20H23N2O3S+. The number of rotatable bonds is 7. The molecule has 6 heteroatoms. The van der Waals surface area contributed by atoms with Crippen LogP contribution in [0.4, 0.5) is 0 Å². The predicted octanol–water partition coefficient (Wildman–Crippen LogP) is 1.61. The lowest BCUT2D eigenvalue weighted by Crippen LogP contribution is -3.12. The van der Waals surface area contributed by atoms with Crippen molar-refractivity contribution in [3.8, 4) is 0 Å². The Bertz CT molecular complexity index is 749. The number of carbonyl (C=O) groups excluding carboxylic acids is 2. The first-order chi connectivity index (χ1) is 12.7. The molecule has 2 amide bonds. The maximum Gasteiger partial charge on any atom is 0.261 e. The maximum absolute atomic E-state index is 12.6. The Kier molecular flexibility index (Phi) is 5.15. The van der Waals surface area contributed by atoms with Gasteiger partial charge in [0.05, 0.1) is 29.1 Å². The molecule has 1 N–H and O–H groups in total. The van der Waals surface area contributed by atoms with Crippen LogP contribution in [0.2, 0.25) is 0 Å². The van der Waals surface area contributed by atoms with Gasteiger partial charge in [0.25, 0.3) is 11.8 Å². The fourth-order valence-electron chi connectivity index (χ4n) is 3.76. The molecular weight excluding hydrogens is 348 g/mol. The van der Waals surface area contributed by atoms with E-state index in [9.17, 15) is 9.59 Å². The summed E-state index contributed by atoms with van der Waals surface area (Å²) in [6.07, 6.45) is 2.50. The van der Waals surface area contributed by atoms with Crippen LogP contribution in [-0.4, -0.2) is 49.1 Å². The van der Waals surface area contributed by atoms with E-state index < -0.39 is 0 Å². The van der Waals surface area contributed by atoms with E-state index in [1.165, 1.54) is 14.7 Å². The number of nitrogens with zero attached hydrogens (tertiary/aromatic N) is 1. The van der Waals surface area contributed by atoms with Gasteiger partial charge in [-0.3, -0.25) is 14.5 Å². The summed E-state index contributed by atoms with van der Waals surface area (Å²) in [6.45, 7) is 3.85. The molecule has 3 heterocycles.